The number of carbonyl (C=O) groups is 2. The quantitative estimate of drug-likeness (QED) is 0.485. The van der Waals surface area contributed by atoms with Crippen LogP contribution in [0.2, 0.25) is 0 Å². The number of rotatable bonds is 4. The van der Waals surface area contributed by atoms with Crippen LogP contribution in [-0.4, -0.2) is 11.8 Å². The number of hydrogen-bond donors (Lipinski definition) is 2. The second kappa shape index (κ2) is 7.11. The van der Waals surface area contributed by atoms with Gasteiger partial charge in [-0.05, 0) is 38.1 Å². The first-order valence-electron chi connectivity index (χ1n) is 7.26. The summed E-state index contributed by atoms with van der Waals surface area (Å²) in [5, 5.41) is 3.89. The number of hydrogen-bond acceptors (Lipinski definition) is 2. The number of benzene rings is 2. The van der Waals surface area contributed by atoms with E-state index in [0.29, 0.717) is 6.07 Å². The van der Waals surface area contributed by atoms with Gasteiger partial charge in [0, 0.05) is 0 Å². The van der Waals surface area contributed by atoms with Gasteiger partial charge in [0.15, 0.2) is 17.5 Å². The van der Waals surface area contributed by atoms with Crippen molar-refractivity contribution in [3.8, 4) is 0 Å². The van der Waals surface area contributed by atoms with Crippen LogP contribution in [0.1, 0.15) is 13.8 Å². The number of nitrogens with one attached hydrogen (secondary N) is 2. The minimum atomic E-state index is -1.92. The molecule has 2 aromatic rings. The molecule has 0 saturated carbocycles. The van der Waals surface area contributed by atoms with Crippen molar-refractivity contribution in [2.45, 2.75) is 13.8 Å². The van der Waals surface area contributed by atoms with Crippen LogP contribution in [0.15, 0.2) is 30.3 Å². The highest BCUT2D eigenvalue weighted by atomic mass is 19.2. The minimum absolute atomic E-state index is 0.593. The monoisotopic (exact) mass is 372 g/mol. The fourth-order valence-electron chi connectivity index (χ4n) is 1.89. The van der Waals surface area contributed by atoms with Gasteiger partial charge in [0.1, 0.15) is 22.7 Å². The lowest BCUT2D eigenvalue weighted by atomic mass is 9.90. The van der Waals surface area contributed by atoms with Gasteiger partial charge >= 0.3 is 0 Å². The molecule has 0 aromatic heterocycles. The third-order valence-electron chi connectivity index (χ3n) is 3.62. The summed E-state index contributed by atoms with van der Waals surface area (Å²) in [4.78, 5) is 24.5. The largest absolute Gasteiger partial charge is 0.323 e. The Morgan fingerprint density at radius 1 is 0.769 bits per heavy atom. The third kappa shape index (κ3) is 3.66. The van der Waals surface area contributed by atoms with E-state index in [4.69, 9.17) is 0 Å². The van der Waals surface area contributed by atoms with E-state index in [1.165, 1.54) is 0 Å². The molecule has 0 spiro atoms. The summed E-state index contributed by atoms with van der Waals surface area (Å²) >= 11 is 0. The summed E-state index contributed by atoms with van der Waals surface area (Å²) in [6, 6.07) is 4.26. The Labute approximate surface area is 145 Å². The highest BCUT2D eigenvalue weighted by Crippen LogP contribution is 2.26. The van der Waals surface area contributed by atoms with Crippen molar-refractivity contribution < 1.29 is 31.5 Å². The standard InChI is InChI=1S/C17H13F5N2O2/c1-17(2,16(26)24-14-9(19)4-3-5-10(14)20)15(25)23-11-7-6-8(18)12(21)13(11)22/h3-7H,1-2H3,(H,23,25)(H,24,26). The molecule has 4 nitrogen and oxygen atoms in total. The molecule has 9 heteroatoms. The predicted molar refractivity (Wildman–Crippen MR) is 83.7 cm³/mol. The molecule has 0 unspecified atom stereocenters. The zero-order chi connectivity index (χ0) is 19.6. The summed E-state index contributed by atoms with van der Waals surface area (Å²) in [5.41, 5.74) is -3.37. The third-order valence-corrected chi connectivity index (χ3v) is 3.62. The Balaban J connectivity index is 2.22. The molecule has 0 heterocycles. The summed E-state index contributed by atoms with van der Waals surface area (Å²) in [7, 11) is 0. The molecule has 0 aliphatic heterocycles. The SMILES string of the molecule is CC(C)(C(=O)Nc1ccc(F)c(F)c1F)C(=O)Nc1c(F)cccc1F. The van der Waals surface area contributed by atoms with Gasteiger partial charge in [-0.1, -0.05) is 6.07 Å². The van der Waals surface area contributed by atoms with Crippen LogP contribution in [0.3, 0.4) is 0 Å². The number of anilines is 2. The lowest BCUT2D eigenvalue weighted by Gasteiger charge is -2.23. The van der Waals surface area contributed by atoms with E-state index < -0.39 is 57.7 Å². The molecule has 0 aliphatic rings. The van der Waals surface area contributed by atoms with E-state index in [9.17, 15) is 31.5 Å². The van der Waals surface area contributed by atoms with Gasteiger partial charge in [-0.25, -0.2) is 22.0 Å². The van der Waals surface area contributed by atoms with Crippen molar-refractivity contribution in [2.24, 2.45) is 5.41 Å². The Kier molecular flexibility index (Phi) is 5.29. The van der Waals surface area contributed by atoms with Crippen LogP contribution in [0.5, 0.6) is 0 Å². The van der Waals surface area contributed by atoms with Crippen molar-refractivity contribution >= 4 is 23.2 Å². The van der Waals surface area contributed by atoms with E-state index in [1.54, 1.807) is 0 Å². The van der Waals surface area contributed by atoms with Gasteiger partial charge in [0.2, 0.25) is 11.8 Å². The van der Waals surface area contributed by atoms with Gasteiger partial charge in [0.05, 0.1) is 5.69 Å². The maximum atomic E-state index is 13.6. The van der Waals surface area contributed by atoms with Gasteiger partial charge in [-0.2, -0.15) is 0 Å². The van der Waals surface area contributed by atoms with Crippen LogP contribution < -0.4 is 10.6 Å². The Morgan fingerprint density at radius 3 is 1.88 bits per heavy atom. The second-order valence-corrected chi connectivity index (χ2v) is 5.85. The van der Waals surface area contributed by atoms with E-state index >= 15 is 0 Å². The molecule has 0 bridgehead atoms. The topological polar surface area (TPSA) is 58.2 Å². The van der Waals surface area contributed by atoms with Crippen LogP contribution >= 0.6 is 0 Å². The van der Waals surface area contributed by atoms with Crippen LogP contribution in [0.4, 0.5) is 33.3 Å². The molecule has 0 fully saturated rings. The summed E-state index contributed by atoms with van der Waals surface area (Å²) in [6.45, 7) is 2.21. The van der Waals surface area contributed by atoms with Gasteiger partial charge in [-0.15, -0.1) is 0 Å². The molecular formula is C17H13F5N2O2. The Hall–Kier alpha value is -2.97. The molecule has 0 saturated heterocycles. The van der Waals surface area contributed by atoms with Crippen LogP contribution in [0, 0.1) is 34.5 Å². The van der Waals surface area contributed by atoms with Gasteiger partial charge in [0.25, 0.3) is 0 Å². The fraction of sp³-hybridized carbons (Fsp3) is 0.176. The first kappa shape index (κ1) is 19.4. The number of amides is 2. The van der Waals surface area contributed by atoms with Crippen molar-refractivity contribution in [2.75, 3.05) is 10.6 Å². The first-order chi connectivity index (χ1) is 12.1. The average Bonchev–Trinajstić information content (AvgIpc) is 2.58. The molecule has 2 rings (SSSR count). The van der Waals surface area contributed by atoms with Crippen molar-refractivity contribution in [3.63, 3.8) is 0 Å². The number of para-hydroxylation sites is 1. The fourth-order valence-corrected chi connectivity index (χ4v) is 1.89. The molecule has 2 amide bonds. The Morgan fingerprint density at radius 2 is 1.31 bits per heavy atom. The van der Waals surface area contributed by atoms with Crippen molar-refractivity contribution in [1.82, 2.24) is 0 Å². The van der Waals surface area contributed by atoms with Crippen LogP contribution in [-0.2, 0) is 9.59 Å². The maximum Gasteiger partial charge on any atom is 0.239 e. The number of halogens is 5. The first-order valence-corrected chi connectivity index (χ1v) is 7.26. The molecule has 0 radical (unpaired) electrons. The van der Waals surface area contributed by atoms with Gasteiger partial charge < -0.3 is 10.6 Å². The average molecular weight is 372 g/mol. The van der Waals surface area contributed by atoms with E-state index in [-0.39, 0.29) is 0 Å². The number of carbonyl (C=O) groups excluding carboxylic acids is 2. The highest BCUT2D eigenvalue weighted by Gasteiger charge is 2.37. The van der Waals surface area contributed by atoms with Gasteiger partial charge in [-0.3, -0.25) is 9.59 Å². The lowest BCUT2D eigenvalue weighted by molar-refractivity contribution is -0.135. The van der Waals surface area contributed by atoms with Crippen molar-refractivity contribution in [1.29, 1.82) is 0 Å². The van der Waals surface area contributed by atoms with E-state index in [2.05, 4.69) is 0 Å². The highest BCUT2D eigenvalue weighted by molar-refractivity contribution is 6.14. The minimum Gasteiger partial charge on any atom is -0.323 e. The zero-order valence-electron chi connectivity index (χ0n) is 13.6. The van der Waals surface area contributed by atoms with E-state index in [0.717, 1.165) is 38.1 Å². The molecular weight excluding hydrogens is 359 g/mol. The molecule has 0 aliphatic carbocycles. The smallest absolute Gasteiger partial charge is 0.239 e. The summed E-state index contributed by atoms with van der Waals surface area (Å²) in [5.74, 6) is -9.19. The van der Waals surface area contributed by atoms with E-state index in [1.807, 2.05) is 10.6 Å². The summed E-state index contributed by atoms with van der Waals surface area (Å²) < 4.78 is 67.0. The maximum absolute atomic E-state index is 13.6. The Bertz CT molecular complexity index is 863. The molecule has 26 heavy (non-hydrogen) atoms. The lowest BCUT2D eigenvalue weighted by Crippen LogP contribution is -2.42. The molecule has 2 aromatic carbocycles. The zero-order valence-corrected chi connectivity index (χ0v) is 13.6. The normalized spacial score (nSPS) is 11.2. The molecule has 2 N–H and O–H groups in total. The molecule has 0 atom stereocenters. The predicted octanol–water partition coefficient (Wildman–Crippen LogP) is 3.99. The van der Waals surface area contributed by atoms with Crippen LogP contribution in [0.25, 0.3) is 0 Å². The second-order valence-electron chi connectivity index (χ2n) is 5.85. The summed E-state index contributed by atoms with van der Waals surface area (Å²) in [6.07, 6.45) is 0. The van der Waals surface area contributed by atoms with Crippen molar-refractivity contribution in [3.05, 3.63) is 59.4 Å². The molecule has 138 valence electrons.